The number of likely N-dealkylation sites (tertiary alicyclic amines) is 1. The maximum atomic E-state index is 15.9. The number of carbonyl (C=O) groups excluding carboxylic acids is 2. The van der Waals surface area contributed by atoms with Crippen LogP contribution in [0.1, 0.15) is 68.0 Å². The Labute approximate surface area is 466 Å². The van der Waals surface area contributed by atoms with Gasteiger partial charge in [0.25, 0.3) is 0 Å². The number of H-pyrrole nitrogens is 1. The van der Waals surface area contributed by atoms with Gasteiger partial charge in [0.15, 0.2) is 11.6 Å². The highest BCUT2D eigenvalue weighted by molar-refractivity contribution is 6.06. The third-order valence-corrected chi connectivity index (χ3v) is 15.5. The van der Waals surface area contributed by atoms with Gasteiger partial charge in [-0.2, -0.15) is 28.2 Å². The van der Waals surface area contributed by atoms with Crippen molar-refractivity contribution in [3.8, 4) is 45.4 Å². The summed E-state index contributed by atoms with van der Waals surface area (Å²) in [5.74, 6) is -2.91. The molecule has 2 amide bonds. The summed E-state index contributed by atoms with van der Waals surface area (Å²) in [7, 11) is 1.52. The minimum absolute atomic E-state index is 0.0116. The Hall–Kier alpha value is -8.26. The number of anilines is 1. The zero-order valence-electron chi connectivity index (χ0n) is 45.2. The van der Waals surface area contributed by atoms with Crippen LogP contribution >= 0.6 is 0 Å². The molecule has 0 spiro atoms. The number of rotatable bonds is 18. The molecule has 2 bridgehead atoms. The monoisotopic (exact) mass is 1130 g/mol. The Morgan fingerprint density at radius 2 is 1.70 bits per heavy atom. The Kier molecular flexibility index (Phi) is 15.3. The molecular weight excluding hydrogens is 1070 g/mol. The molecule has 3 aliphatic heterocycles. The number of aliphatic hydroxyl groups excluding tert-OH is 2. The van der Waals surface area contributed by atoms with E-state index in [0.717, 1.165) is 18.7 Å². The van der Waals surface area contributed by atoms with Gasteiger partial charge in [0.05, 0.1) is 54.5 Å². The average molecular weight is 1130 g/mol. The second kappa shape index (κ2) is 22.6. The van der Waals surface area contributed by atoms with Crippen LogP contribution in [0.3, 0.4) is 0 Å². The molecule has 3 saturated heterocycles. The van der Waals surface area contributed by atoms with Crippen LogP contribution in [0.15, 0.2) is 85.6 Å². The molecule has 4 aromatic heterocycles. The molecule has 3 aliphatic rings. The number of halogens is 5. The van der Waals surface area contributed by atoms with Gasteiger partial charge in [-0.1, -0.05) is 67.6 Å². The average Bonchev–Trinajstić information content (AvgIpc) is 4.51. The van der Waals surface area contributed by atoms with Crippen LogP contribution in [0.5, 0.6) is 11.8 Å². The lowest BCUT2D eigenvalue weighted by atomic mass is 9.90. The first kappa shape index (κ1) is 55.6. The fourth-order valence-corrected chi connectivity index (χ4v) is 11.2. The number of aromatic amines is 1. The van der Waals surface area contributed by atoms with E-state index in [9.17, 15) is 24.2 Å². The molecule has 0 aliphatic carbocycles. The summed E-state index contributed by atoms with van der Waals surface area (Å²) in [4.78, 5) is 48.9. The molecule has 20 nitrogen and oxygen atoms in total. The van der Waals surface area contributed by atoms with Crippen molar-refractivity contribution in [2.75, 3.05) is 44.9 Å². The Balaban J connectivity index is 0.878. The first-order valence-electron chi connectivity index (χ1n) is 26.7. The number of ether oxygens (including phenoxy) is 3. The summed E-state index contributed by atoms with van der Waals surface area (Å²) in [5, 5.41) is 43.2. The normalized spacial score (nSPS) is 19.1. The summed E-state index contributed by atoms with van der Waals surface area (Å²) < 4.78 is 97.3. The lowest BCUT2D eigenvalue weighted by Gasteiger charge is -2.30. The molecule has 8 aromatic rings. The van der Waals surface area contributed by atoms with Crippen molar-refractivity contribution in [1.82, 2.24) is 60.7 Å². The number of alkyl halides is 3. The second-order valence-corrected chi connectivity index (χ2v) is 21.3. The highest BCUT2D eigenvalue weighted by Gasteiger charge is 2.45. The van der Waals surface area contributed by atoms with Gasteiger partial charge in [-0.25, -0.2) is 23.4 Å². The predicted molar refractivity (Wildman–Crippen MR) is 289 cm³/mol. The van der Waals surface area contributed by atoms with Crippen molar-refractivity contribution in [2.24, 2.45) is 5.92 Å². The van der Waals surface area contributed by atoms with Crippen molar-refractivity contribution < 1.29 is 56.0 Å². The molecule has 25 heteroatoms. The number of fused-ring (bicyclic) bond motifs is 4. The van der Waals surface area contributed by atoms with E-state index in [0.29, 0.717) is 41.0 Å². The fraction of sp³-hybridized carbons (Fsp3) is 0.386. The standard InChI is InChI=1S/C57H58F5N13O7/c1-28(2)51(55(79)74-22-37(77)15-46(74)54(78)67-45(24-76)33-10-12-34(13-11-33)49-42(59)20-63-27-65-49)75-23-44(71-72-75)32-8-6-31(7-9-32)26-81-52-48(47-30(4)41(58)17-43-39(47)19-66-70-43)40(57(60,61)62)16-38-50(52)68-56(82-25-29(3)80-5)69-53(38)73-21-35-14-36(73)18-64-35/h6-13,16-17,19-20,23,27-29,35-37,45-46,51,64,76-77H,14-15,18,21-22,24-26H2,1-5H3,(H,66,70)(H,67,78)/t29-,35-,36-,37?,45-,46-,51-/m0/s1. The van der Waals surface area contributed by atoms with Crippen LogP contribution < -0.4 is 25.0 Å². The van der Waals surface area contributed by atoms with Gasteiger partial charge in [-0.15, -0.1) is 5.10 Å². The molecule has 428 valence electrons. The molecule has 7 heterocycles. The minimum atomic E-state index is -4.99. The van der Waals surface area contributed by atoms with Crippen molar-refractivity contribution in [3.63, 3.8) is 0 Å². The zero-order chi connectivity index (χ0) is 57.7. The van der Waals surface area contributed by atoms with Gasteiger partial charge in [-0.3, -0.25) is 14.7 Å². The van der Waals surface area contributed by atoms with Gasteiger partial charge in [-0.05, 0) is 55.0 Å². The zero-order valence-corrected chi connectivity index (χ0v) is 45.2. The molecule has 11 rings (SSSR count). The van der Waals surface area contributed by atoms with Gasteiger partial charge in [0.2, 0.25) is 11.8 Å². The smallest absolute Gasteiger partial charge is 0.417 e. The number of carbonyl (C=O) groups is 2. The molecule has 3 fully saturated rings. The van der Waals surface area contributed by atoms with Gasteiger partial charge in [0, 0.05) is 78.3 Å². The van der Waals surface area contributed by atoms with Crippen LogP contribution in [0.2, 0.25) is 0 Å². The maximum absolute atomic E-state index is 15.9. The van der Waals surface area contributed by atoms with Crippen LogP contribution in [-0.2, 0) is 27.1 Å². The van der Waals surface area contributed by atoms with E-state index in [-0.39, 0.29) is 106 Å². The van der Waals surface area contributed by atoms with E-state index >= 15 is 17.6 Å². The van der Waals surface area contributed by atoms with Crippen LogP contribution in [-0.4, -0.2) is 142 Å². The van der Waals surface area contributed by atoms with Crippen molar-refractivity contribution in [2.45, 2.75) is 95.7 Å². The molecule has 0 saturated carbocycles. The maximum Gasteiger partial charge on any atom is 0.417 e. The molecule has 4 aromatic carbocycles. The van der Waals surface area contributed by atoms with E-state index in [1.807, 2.05) is 18.7 Å². The highest BCUT2D eigenvalue weighted by atomic mass is 19.4. The first-order valence-corrected chi connectivity index (χ1v) is 26.7. The molecular formula is C57H58F5N13O7. The number of hydrogen-bond donors (Lipinski definition) is 5. The van der Waals surface area contributed by atoms with Gasteiger partial charge in [0.1, 0.15) is 60.2 Å². The summed E-state index contributed by atoms with van der Waals surface area (Å²) in [5.41, 5.74) is 0.984. The largest absolute Gasteiger partial charge is 0.486 e. The van der Waals surface area contributed by atoms with Crippen LogP contribution in [0, 0.1) is 24.5 Å². The number of benzene rings is 4. The summed E-state index contributed by atoms with van der Waals surface area (Å²) >= 11 is 0. The lowest BCUT2D eigenvalue weighted by Crippen LogP contribution is -2.50. The number of nitrogens with zero attached hydrogens (tertiary/aromatic N) is 10. The highest BCUT2D eigenvalue weighted by Crippen LogP contribution is 2.51. The van der Waals surface area contributed by atoms with E-state index < -0.39 is 71.6 Å². The minimum Gasteiger partial charge on any atom is -0.486 e. The second-order valence-electron chi connectivity index (χ2n) is 21.3. The van der Waals surface area contributed by atoms with E-state index in [1.165, 1.54) is 42.2 Å². The number of β-amino-alcohol motifs (C(OH)–C–C–N with tert-alkyl or cyclic N) is 1. The number of hydrogen-bond acceptors (Lipinski definition) is 16. The molecule has 1 unspecified atom stereocenters. The first-order chi connectivity index (χ1) is 39.4. The lowest BCUT2D eigenvalue weighted by molar-refractivity contribution is -0.142. The number of piperazine rings is 1. The molecule has 5 N–H and O–H groups in total. The number of nitrogens with one attached hydrogen (secondary N) is 3. The van der Waals surface area contributed by atoms with E-state index in [1.54, 1.807) is 61.7 Å². The number of amides is 2. The van der Waals surface area contributed by atoms with Crippen molar-refractivity contribution in [3.05, 3.63) is 119 Å². The van der Waals surface area contributed by atoms with Gasteiger partial charge < -0.3 is 44.9 Å². The molecule has 0 radical (unpaired) electrons. The van der Waals surface area contributed by atoms with E-state index in [4.69, 9.17) is 24.2 Å². The third-order valence-electron chi connectivity index (χ3n) is 15.5. The van der Waals surface area contributed by atoms with Crippen LogP contribution in [0.25, 0.3) is 55.4 Å². The van der Waals surface area contributed by atoms with Crippen molar-refractivity contribution >= 4 is 39.4 Å². The van der Waals surface area contributed by atoms with Crippen LogP contribution in [0.4, 0.5) is 27.8 Å². The Morgan fingerprint density at radius 3 is 2.38 bits per heavy atom. The number of methoxy groups -OCH3 is 1. The summed E-state index contributed by atoms with van der Waals surface area (Å²) in [6.07, 6.45) is -0.511. The summed E-state index contributed by atoms with van der Waals surface area (Å²) in [6.45, 7) is 6.97. The number of aliphatic hydroxyl groups is 2. The number of aromatic nitrogens is 9. The molecule has 82 heavy (non-hydrogen) atoms. The van der Waals surface area contributed by atoms with Crippen molar-refractivity contribution in [1.29, 1.82) is 0 Å². The third kappa shape index (κ3) is 10.8. The summed E-state index contributed by atoms with van der Waals surface area (Å²) in [6, 6.07) is 12.4. The topological polar surface area (TPSA) is 244 Å². The molecule has 7 atom stereocenters. The SMILES string of the molecule is CO[C@@H](C)COc1nc(N2C[C@@H]3C[C@H]2CN3)c2cc(C(F)(F)F)c(-c3c(C)c(F)cc4[nH]ncc34)c(OCc3ccc(-c4cn([C@H](C(=O)N5CC(O)C[C@H]5C(=O)N[C@@H](CO)c5ccc(-c6ncncc6F)cc5)C(C)C)nn4)cc3)c2n1. The van der Waals surface area contributed by atoms with Gasteiger partial charge >= 0.3 is 12.2 Å². The fourth-order valence-electron chi connectivity index (χ4n) is 11.2. The predicted octanol–water partition coefficient (Wildman–Crippen LogP) is 7.05. The van der Waals surface area contributed by atoms with E-state index in [2.05, 4.69) is 41.1 Å². The Bertz CT molecular complexity index is 3680. The Morgan fingerprint density at radius 1 is 0.927 bits per heavy atom. The quantitative estimate of drug-likeness (QED) is 0.0541.